The van der Waals surface area contributed by atoms with Crippen LogP contribution in [0.5, 0.6) is 0 Å². The van der Waals surface area contributed by atoms with E-state index in [1.165, 1.54) is 18.2 Å². The quantitative estimate of drug-likeness (QED) is 0.318. The Labute approximate surface area is 205 Å². The van der Waals surface area contributed by atoms with Crippen LogP contribution < -0.4 is 10.7 Å². The highest BCUT2D eigenvalue weighted by atomic mass is 19.1. The number of fused-ring (bicyclic) bond motifs is 2. The summed E-state index contributed by atoms with van der Waals surface area (Å²) in [6.07, 6.45) is 1.91. The van der Waals surface area contributed by atoms with Gasteiger partial charge in [0.15, 0.2) is 5.43 Å². The first-order valence-corrected chi connectivity index (χ1v) is 11.4. The number of benzene rings is 3. The Balaban J connectivity index is 1.66. The summed E-state index contributed by atoms with van der Waals surface area (Å²) in [6, 6.07) is 12.6. The van der Waals surface area contributed by atoms with E-state index in [9.17, 15) is 19.1 Å². The molecule has 0 aliphatic carbocycles. The number of carboxylic acids is 1. The van der Waals surface area contributed by atoms with Gasteiger partial charge in [-0.05, 0) is 62.2 Å². The number of halogens is 1. The Hall–Kier alpha value is -4.46. The van der Waals surface area contributed by atoms with Gasteiger partial charge in [0.05, 0.1) is 22.6 Å². The molecule has 5 rings (SSSR count). The summed E-state index contributed by atoms with van der Waals surface area (Å²) in [5.41, 5.74) is 3.98. The molecule has 0 aliphatic heterocycles. The average molecular weight is 486 g/mol. The number of nitrogens with zero attached hydrogens (tertiary/aromatic N) is 2. The van der Waals surface area contributed by atoms with E-state index in [1.807, 2.05) is 52.2 Å². The molecule has 0 aliphatic rings. The van der Waals surface area contributed by atoms with Crippen LogP contribution in [0.3, 0.4) is 0 Å². The smallest absolute Gasteiger partial charge is 0.340 e. The Morgan fingerprint density at radius 1 is 1.17 bits per heavy atom. The van der Waals surface area contributed by atoms with Crippen LogP contribution in [-0.2, 0) is 7.05 Å². The van der Waals surface area contributed by atoms with Crippen LogP contribution in [0.25, 0.3) is 33.2 Å². The summed E-state index contributed by atoms with van der Waals surface area (Å²) in [6.45, 7) is 5.63. The topological polar surface area (TPSA) is 97.4 Å². The van der Waals surface area contributed by atoms with Gasteiger partial charge in [-0.2, -0.15) is 5.10 Å². The van der Waals surface area contributed by atoms with Crippen molar-refractivity contribution in [1.82, 2.24) is 9.78 Å². The lowest BCUT2D eigenvalue weighted by atomic mass is 9.99. The van der Waals surface area contributed by atoms with E-state index in [-0.39, 0.29) is 11.1 Å². The maximum Gasteiger partial charge on any atom is 0.340 e. The van der Waals surface area contributed by atoms with Crippen LogP contribution in [0.2, 0.25) is 0 Å². The normalized spacial score (nSPS) is 12.2. The van der Waals surface area contributed by atoms with Crippen LogP contribution >= 0.6 is 0 Å². The largest absolute Gasteiger partial charge is 0.478 e. The number of aryl methyl sites for hydroxylation is 3. The molecular formula is C28H24FN3O4. The maximum atomic E-state index is 14.2. The number of carbonyl (C=O) groups is 1. The highest BCUT2D eigenvalue weighted by molar-refractivity contribution is 5.95. The number of aromatic carboxylic acids is 1. The summed E-state index contributed by atoms with van der Waals surface area (Å²) in [5.74, 6) is -1.79. The SMILES string of the molecule is Cc1cc([C@@H](C)Nc2cccc(F)c2C(=O)O)c2oc(-c3cc(C)c4nn(C)cc4c3)cc(=O)c2c1. The third kappa shape index (κ3) is 4.00. The molecule has 3 aromatic carbocycles. The van der Waals surface area contributed by atoms with Crippen molar-refractivity contribution in [2.75, 3.05) is 5.32 Å². The van der Waals surface area contributed by atoms with Gasteiger partial charge in [0.1, 0.15) is 22.7 Å². The summed E-state index contributed by atoms with van der Waals surface area (Å²) < 4.78 is 22.3. The highest BCUT2D eigenvalue weighted by Crippen LogP contribution is 2.33. The summed E-state index contributed by atoms with van der Waals surface area (Å²) in [5, 5.41) is 18.4. The molecule has 0 bridgehead atoms. The number of hydrogen-bond acceptors (Lipinski definition) is 5. The Morgan fingerprint density at radius 2 is 1.94 bits per heavy atom. The highest BCUT2D eigenvalue weighted by Gasteiger charge is 2.21. The Kier molecular flexibility index (Phi) is 5.59. The first-order valence-electron chi connectivity index (χ1n) is 11.4. The molecule has 0 radical (unpaired) electrons. The lowest BCUT2D eigenvalue weighted by Gasteiger charge is -2.19. The molecule has 1 atom stereocenters. The first-order chi connectivity index (χ1) is 17.1. The predicted molar refractivity (Wildman–Crippen MR) is 137 cm³/mol. The lowest BCUT2D eigenvalue weighted by Crippen LogP contribution is -2.13. The second-order valence-electron chi connectivity index (χ2n) is 9.07. The third-order valence-electron chi connectivity index (χ3n) is 6.27. The Morgan fingerprint density at radius 3 is 2.69 bits per heavy atom. The molecule has 0 saturated heterocycles. The summed E-state index contributed by atoms with van der Waals surface area (Å²) >= 11 is 0. The van der Waals surface area contributed by atoms with Crippen molar-refractivity contribution in [3.8, 4) is 11.3 Å². The second-order valence-corrected chi connectivity index (χ2v) is 9.07. The maximum absolute atomic E-state index is 14.2. The van der Waals surface area contributed by atoms with Crippen molar-refractivity contribution in [3.63, 3.8) is 0 Å². The molecule has 0 saturated carbocycles. The second kappa shape index (κ2) is 8.64. The van der Waals surface area contributed by atoms with Gasteiger partial charge in [-0.3, -0.25) is 9.48 Å². The van der Waals surface area contributed by atoms with E-state index in [4.69, 9.17) is 4.42 Å². The van der Waals surface area contributed by atoms with Crippen molar-refractivity contribution >= 4 is 33.5 Å². The zero-order valence-corrected chi connectivity index (χ0v) is 20.2. The molecule has 36 heavy (non-hydrogen) atoms. The van der Waals surface area contributed by atoms with Crippen molar-refractivity contribution in [1.29, 1.82) is 0 Å². The molecule has 7 nitrogen and oxygen atoms in total. The molecule has 2 N–H and O–H groups in total. The van der Waals surface area contributed by atoms with Crippen LogP contribution in [0.4, 0.5) is 10.1 Å². The fourth-order valence-electron chi connectivity index (χ4n) is 4.64. The Bertz CT molecular complexity index is 1740. The van der Waals surface area contributed by atoms with Gasteiger partial charge in [-0.15, -0.1) is 0 Å². The van der Waals surface area contributed by atoms with E-state index >= 15 is 0 Å². The number of rotatable bonds is 5. The molecule has 0 amide bonds. The zero-order valence-electron chi connectivity index (χ0n) is 20.2. The molecule has 2 aromatic heterocycles. The molecule has 182 valence electrons. The molecule has 0 unspecified atom stereocenters. The van der Waals surface area contributed by atoms with Crippen molar-refractivity contribution in [2.24, 2.45) is 7.05 Å². The van der Waals surface area contributed by atoms with Gasteiger partial charge in [-0.1, -0.05) is 12.1 Å². The van der Waals surface area contributed by atoms with E-state index < -0.39 is 23.4 Å². The number of hydrogen-bond donors (Lipinski definition) is 2. The molecule has 0 spiro atoms. The predicted octanol–water partition coefficient (Wildman–Crippen LogP) is 5.97. The van der Waals surface area contributed by atoms with Gasteiger partial charge in [0.25, 0.3) is 0 Å². The van der Waals surface area contributed by atoms with Crippen LogP contribution in [0.1, 0.15) is 40.0 Å². The minimum absolute atomic E-state index is 0.140. The van der Waals surface area contributed by atoms with Gasteiger partial charge in [-0.25, -0.2) is 9.18 Å². The van der Waals surface area contributed by atoms with Crippen molar-refractivity contribution < 1.29 is 18.7 Å². The fraction of sp³-hybridized carbons (Fsp3) is 0.179. The van der Waals surface area contributed by atoms with Crippen LogP contribution in [0.15, 0.2) is 63.9 Å². The van der Waals surface area contributed by atoms with E-state index in [0.717, 1.165) is 33.7 Å². The summed E-state index contributed by atoms with van der Waals surface area (Å²) in [4.78, 5) is 24.8. The minimum Gasteiger partial charge on any atom is -0.478 e. The minimum atomic E-state index is -1.37. The molecule has 5 aromatic rings. The molecular weight excluding hydrogens is 461 g/mol. The molecule has 2 heterocycles. The number of aromatic nitrogens is 2. The molecule has 8 heteroatoms. The third-order valence-corrected chi connectivity index (χ3v) is 6.27. The van der Waals surface area contributed by atoms with Gasteiger partial charge in [0, 0.05) is 35.8 Å². The van der Waals surface area contributed by atoms with Gasteiger partial charge < -0.3 is 14.8 Å². The van der Waals surface area contributed by atoms with Crippen LogP contribution in [0, 0.1) is 19.7 Å². The molecule has 0 fully saturated rings. The van der Waals surface area contributed by atoms with E-state index in [0.29, 0.717) is 22.3 Å². The number of nitrogens with one attached hydrogen (secondary N) is 1. The lowest BCUT2D eigenvalue weighted by molar-refractivity contribution is 0.0693. The van der Waals surface area contributed by atoms with Gasteiger partial charge in [0.2, 0.25) is 0 Å². The number of carboxylic acid groups (broad SMARTS) is 1. The summed E-state index contributed by atoms with van der Waals surface area (Å²) in [7, 11) is 1.85. The van der Waals surface area contributed by atoms with Crippen molar-refractivity contribution in [3.05, 3.63) is 93.0 Å². The number of anilines is 1. The monoisotopic (exact) mass is 485 g/mol. The average Bonchev–Trinajstić information content (AvgIpc) is 3.19. The first kappa shape index (κ1) is 23.3. The fourth-order valence-corrected chi connectivity index (χ4v) is 4.64. The van der Waals surface area contributed by atoms with E-state index in [2.05, 4.69) is 10.4 Å². The zero-order chi connectivity index (χ0) is 25.7. The van der Waals surface area contributed by atoms with Gasteiger partial charge >= 0.3 is 5.97 Å². The van der Waals surface area contributed by atoms with E-state index in [1.54, 1.807) is 10.7 Å². The van der Waals surface area contributed by atoms with Crippen LogP contribution in [-0.4, -0.2) is 20.9 Å². The van der Waals surface area contributed by atoms with Crippen molar-refractivity contribution in [2.45, 2.75) is 26.8 Å². The standard InChI is InChI=1S/C28H24FN3O4/c1-14-8-19(16(3)30-22-7-5-6-21(29)25(22)28(34)35)27-20(9-14)23(33)12-24(36-27)17-10-15(2)26-18(11-17)13-32(4)31-26/h5-13,16,30H,1-4H3,(H,34,35)/t16-/m1/s1.